The van der Waals surface area contributed by atoms with Gasteiger partial charge in [-0.3, -0.25) is 0 Å². The molecule has 0 amide bonds. The molecule has 1 heterocycles. The Labute approximate surface area is 93.9 Å². The molecule has 0 bridgehead atoms. The van der Waals surface area contributed by atoms with Crippen LogP contribution in [0.4, 0.5) is 0 Å². The van der Waals surface area contributed by atoms with Crippen molar-refractivity contribution in [2.45, 2.75) is 38.7 Å². The van der Waals surface area contributed by atoms with E-state index in [-0.39, 0.29) is 0 Å². The molecule has 1 rings (SSSR count). The summed E-state index contributed by atoms with van der Waals surface area (Å²) in [5.41, 5.74) is -0.541. The molecular weight excluding hydrogens is 188 g/mol. The number of rotatable bonds is 5. The van der Waals surface area contributed by atoms with Gasteiger partial charge in [-0.25, -0.2) is 0 Å². The Morgan fingerprint density at radius 2 is 2.27 bits per heavy atom. The van der Waals surface area contributed by atoms with Gasteiger partial charge < -0.3 is 15.3 Å². The molecule has 15 heavy (non-hydrogen) atoms. The minimum atomic E-state index is -0.541. The Bertz CT molecular complexity index is 182. The zero-order valence-electron chi connectivity index (χ0n) is 10.4. The highest BCUT2D eigenvalue weighted by Gasteiger charge is 2.20. The number of hydrogen-bond donors (Lipinski definition) is 2. The lowest BCUT2D eigenvalue weighted by atomic mass is 9.97. The lowest BCUT2D eigenvalue weighted by molar-refractivity contribution is 0.0537. The van der Waals surface area contributed by atoms with E-state index in [1.54, 1.807) is 0 Å². The number of nitrogens with zero attached hydrogens (tertiary/aromatic N) is 1. The lowest BCUT2D eigenvalue weighted by Crippen LogP contribution is -2.42. The average molecular weight is 214 g/mol. The summed E-state index contributed by atoms with van der Waals surface area (Å²) < 4.78 is 0. The van der Waals surface area contributed by atoms with Crippen LogP contribution < -0.4 is 5.32 Å². The van der Waals surface area contributed by atoms with Gasteiger partial charge in [0, 0.05) is 13.1 Å². The van der Waals surface area contributed by atoms with Crippen LogP contribution in [0.1, 0.15) is 33.1 Å². The Kier molecular flexibility index (Phi) is 5.03. The predicted octanol–water partition coefficient (Wildman–Crippen LogP) is 1.08. The molecule has 3 nitrogen and oxygen atoms in total. The molecule has 0 aromatic heterocycles. The summed E-state index contributed by atoms with van der Waals surface area (Å²) in [6.07, 6.45) is 3.45. The first kappa shape index (κ1) is 12.9. The van der Waals surface area contributed by atoms with E-state index >= 15 is 0 Å². The van der Waals surface area contributed by atoms with Gasteiger partial charge in [0.15, 0.2) is 0 Å². The van der Waals surface area contributed by atoms with Crippen molar-refractivity contribution in [2.75, 3.05) is 33.2 Å². The molecule has 1 aliphatic rings. The maximum absolute atomic E-state index is 9.83. The Hall–Kier alpha value is -0.120. The SMILES string of the molecule is CCC(C)(O)CNCC1CCCN(C)C1. The Morgan fingerprint density at radius 1 is 1.53 bits per heavy atom. The molecule has 1 aliphatic heterocycles. The number of likely N-dealkylation sites (tertiary alicyclic amines) is 1. The van der Waals surface area contributed by atoms with Gasteiger partial charge >= 0.3 is 0 Å². The minimum Gasteiger partial charge on any atom is -0.389 e. The van der Waals surface area contributed by atoms with E-state index in [0.29, 0.717) is 6.54 Å². The van der Waals surface area contributed by atoms with E-state index in [4.69, 9.17) is 0 Å². The normalized spacial score (nSPS) is 27.6. The second kappa shape index (κ2) is 5.83. The van der Waals surface area contributed by atoms with Gasteiger partial charge in [-0.15, -0.1) is 0 Å². The van der Waals surface area contributed by atoms with Crippen LogP contribution in [0, 0.1) is 5.92 Å². The van der Waals surface area contributed by atoms with Crippen LogP contribution in [-0.4, -0.2) is 48.8 Å². The van der Waals surface area contributed by atoms with Gasteiger partial charge in [-0.05, 0) is 52.2 Å². The summed E-state index contributed by atoms with van der Waals surface area (Å²) in [4.78, 5) is 2.40. The van der Waals surface area contributed by atoms with Crippen LogP contribution in [0.25, 0.3) is 0 Å². The van der Waals surface area contributed by atoms with Gasteiger partial charge in [-0.1, -0.05) is 6.92 Å². The number of piperidine rings is 1. The highest BCUT2D eigenvalue weighted by molar-refractivity contribution is 4.77. The second-order valence-electron chi connectivity index (χ2n) is 5.25. The van der Waals surface area contributed by atoms with Crippen LogP contribution in [0.2, 0.25) is 0 Å². The molecule has 2 atom stereocenters. The van der Waals surface area contributed by atoms with E-state index in [1.807, 2.05) is 13.8 Å². The molecule has 0 saturated carbocycles. The van der Waals surface area contributed by atoms with Crippen LogP contribution >= 0.6 is 0 Å². The van der Waals surface area contributed by atoms with Crippen molar-refractivity contribution in [3.8, 4) is 0 Å². The van der Waals surface area contributed by atoms with Gasteiger partial charge in [-0.2, -0.15) is 0 Å². The van der Waals surface area contributed by atoms with Crippen molar-refractivity contribution in [3.05, 3.63) is 0 Å². The molecule has 0 radical (unpaired) electrons. The molecule has 0 aromatic carbocycles. The fourth-order valence-electron chi connectivity index (χ4n) is 2.11. The van der Waals surface area contributed by atoms with E-state index in [0.717, 1.165) is 18.9 Å². The lowest BCUT2D eigenvalue weighted by Gasteiger charge is -2.31. The van der Waals surface area contributed by atoms with Gasteiger partial charge in [0.05, 0.1) is 5.60 Å². The molecule has 2 N–H and O–H groups in total. The van der Waals surface area contributed by atoms with E-state index in [2.05, 4.69) is 17.3 Å². The first-order valence-electron chi connectivity index (χ1n) is 6.15. The zero-order valence-corrected chi connectivity index (χ0v) is 10.4. The van der Waals surface area contributed by atoms with Crippen LogP contribution in [-0.2, 0) is 0 Å². The van der Waals surface area contributed by atoms with E-state index < -0.39 is 5.60 Å². The second-order valence-corrected chi connectivity index (χ2v) is 5.25. The standard InChI is InChI=1S/C12H26N2O/c1-4-12(2,15)10-13-8-11-6-5-7-14(3)9-11/h11,13,15H,4-10H2,1-3H3. The van der Waals surface area contributed by atoms with Crippen molar-refractivity contribution in [3.63, 3.8) is 0 Å². The summed E-state index contributed by atoms with van der Waals surface area (Å²) in [5, 5.41) is 13.2. The fourth-order valence-corrected chi connectivity index (χ4v) is 2.11. The smallest absolute Gasteiger partial charge is 0.0740 e. The van der Waals surface area contributed by atoms with Gasteiger partial charge in [0.1, 0.15) is 0 Å². The zero-order chi connectivity index (χ0) is 11.3. The summed E-state index contributed by atoms with van der Waals surface area (Å²) in [5.74, 6) is 0.761. The van der Waals surface area contributed by atoms with E-state index in [9.17, 15) is 5.11 Å². The largest absolute Gasteiger partial charge is 0.389 e. The summed E-state index contributed by atoms with van der Waals surface area (Å²) >= 11 is 0. The molecule has 0 aliphatic carbocycles. The quantitative estimate of drug-likeness (QED) is 0.719. The number of hydrogen-bond acceptors (Lipinski definition) is 3. The topological polar surface area (TPSA) is 35.5 Å². The number of nitrogens with one attached hydrogen (secondary N) is 1. The van der Waals surface area contributed by atoms with Crippen molar-refractivity contribution < 1.29 is 5.11 Å². The van der Waals surface area contributed by atoms with Crippen molar-refractivity contribution in [1.29, 1.82) is 0 Å². The first-order chi connectivity index (χ1) is 7.03. The van der Waals surface area contributed by atoms with Crippen LogP contribution in [0.5, 0.6) is 0 Å². The predicted molar refractivity (Wildman–Crippen MR) is 64.0 cm³/mol. The fraction of sp³-hybridized carbons (Fsp3) is 1.00. The molecule has 0 aromatic rings. The minimum absolute atomic E-state index is 0.541. The number of aliphatic hydroxyl groups is 1. The van der Waals surface area contributed by atoms with Crippen molar-refractivity contribution in [2.24, 2.45) is 5.92 Å². The van der Waals surface area contributed by atoms with Gasteiger partial charge in [0.25, 0.3) is 0 Å². The molecule has 1 fully saturated rings. The van der Waals surface area contributed by atoms with Gasteiger partial charge in [0.2, 0.25) is 0 Å². The van der Waals surface area contributed by atoms with Crippen molar-refractivity contribution >= 4 is 0 Å². The summed E-state index contributed by atoms with van der Waals surface area (Å²) in [6, 6.07) is 0. The maximum Gasteiger partial charge on any atom is 0.0740 e. The molecule has 90 valence electrons. The molecule has 3 heteroatoms. The van der Waals surface area contributed by atoms with Crippen molar-refractivity contribution in [1.82, 2.24) is 10.2 Å². The molecule has 0 spiro atoms. The molecule has 2 unspecified atom stereocenters. The maximum atomic E-state index is 9.83. The third-order valence-electron chi connectivity index (χ3n) is 3.42. The summed E-state index contributed by atoms with van der Waals surface area (Å²) in [6.45, 7) is 8.11. The Balaban J connectivity index is 2.14. The average Bonchev–Trinajstić information content (AvgIpc) is 2.18. The molecular formula is C12H26N2O. The Morgan fingerprint density at radius 3 is 2.87 bits per heavy atom. The third kappa shape index (κ3) is 4.96. The third-order valence-corrected chi connectivity index (χ3v) is 3.42. The highest BCUT2D eigenvalue weighted by Crippen LogP contribution is 2.14. The molecule has 1 saturated heterocycles. The van der Waals surface area contributed by atoms with Crippen LogP contribution in [0.15, 0.2) is 0 Å². The van der Waals surface area contributed by atoms with E-state index in [1.165, 1.54) is 25.9 Å². The van der Waals surface area contributed by atoms with Crippen LogP contribution in [0.3, 0.4) is 0 Å². The summed E-state index contributed by atoms with van der Waals surface area (Å²) in [7, 11) is 2.19. The monoisotopic (exact) mass is 214 g/mol. The highest BCUT2D eigenvalue weighted by atomic mass is 16.3. The first-order valence-corrected chi connectivity index (χ1v) is 6.15.